The van der Waals surface area contributed by atoms with Crippen LogP contribution >= 0.6 is 0 Å². The maximum atomic E-state index is 11.9. The zero-order valence-electron chi connectivity index (χ0n) is 6.15. The van der Waals surface area contributed by atoms with Crippen molar-refractivity contribution < 1.29 is 13.2 Å². The highest BCUT2D eigenvalue weighted by atomic mass is 19.4. The fourth-order valence-corrected chi connectivity index (χ4v) is 0.933. The Bertz CT molecular complexity index is 173. The van der Waals surface area contributed by atoms with Crippen molar-refractivity contribution in [2.24, 2.45) is 5.10 Å². The highest BCUT2D eigenvalue weighted by Crippen LogP contribution is 2.23. The molecule has 0 radical (unpaired) electrons. The minimum absolute atomic E-state index is 0.0251. The Morgan fingerprint density at radius 2 is 2.18 bits per heavy atom. The number of alkyl halides is 3. The number of hydrogen-bond donors (Lipinski definition) is 0. The van der Waals surface area contributed by atoms with Crippen LogP contribution in [0.4, 0.5) is 13.2 Å². The average Bonchev–Trinajstić information content (AvgIpc) is 2.32. The minimum Gasteiger partial charge on any atom is -0.297 e. The van der Waals surface area contributed by atoms with Gasteiger partial charge in [0.25, 0.3) is 0 Å². The van der Waals surface area contributed by atoms with E-state index in [1.165, 1.54) is 5.01 Å². The van der Waals surface area contributed by atoms with E-state index in [1.807, 2.05) is 0 Å². The van der Waals surface area contributed by atoms with Gasteiger partial charge in [0.1, 0.15) is 5.71 Å². The Balaban J connectivity index is 2.62. The second-order valence-corrected chi connectivity index (χ2v) is 2.34. The van der Waals surface area contributed by atoms with Gasteiger partial charge in [-0.1, -0.05) is 0 Å². The fraction of sp³-hybridized carbons (Fsp3) is 0.833. The highest BCUT2D eigenvalue weighted by Gasteiger charge is 2.38. The molecule has 1 aliphatic heterocycles. The molecule has 0 bridgehead atoms. The molecular formula is C6H9F3N2. The number of hydrogen-bond acceptors (Lipinski definition) is 2. The third-order valence-corrected chi connectivity index (χ3v) is 1.56. The van der Waals surface area contributed by atoms with E-state index in [0.29, 0.717) is 13.1 Å². The Morgan fingerprint density at radius 3 is 2.45 bits per heavy atom. The van der Waals surface area contributed by atoms with Crippen LogP contribution in [-0.2, 0) is 0 Å². The lowest BCUT2D eigenvalue weighted by Gasteiger charge is -2.07. The van der Waals surface area contributed by atoms with Gasteiger partial charge in [-0.2, -0.15) is 18.3 Å². The summed E-state index contributed by atoms with van der Waals surface area (Å²) in [6.07, 6.45) is -4.21. The Morgan fingerprint density at radius 1 is 1.55 bits per heavy atom. The normalized spacial score (nSPS) is 18.9. The van der Waals surface area contributed by atoms with E-state index < -0.39 is 11.9 Å². The van der Waals surface area contributed by atoms with Crippen LogP contribution in [0.3, 0.4) is 0 Å². The summed E-state index contributed by atoms with van der Waals surface area (Å²) in [4.78, 5) is 0. The topological polar surface area (TPSA) is 15.6 Å². The zero-order chi connectivity index (χ0) is 8.48. The van der Waals surface area contributed by atoms with Crippen molar-refractivity contribution in [1.29, 1.82) is 0 Å². The summed E-state index contributed by atoms with van der Waals surface area (Å²) in [5.41, 5.74) is -0.653. The lowest BCUT2D eigenvalue weighted by atomic mass is 10.3. The molecule has 1 heterocycles. The van der Waals surface area contributed by atoms with Crippen LogP contribution in [0.15, 0.2) is 5.10 Å². The van der Waals surface area contributed by atoms with Gasteiger partial charge < -0.3 is 0 Å². The molecule has 0 unspecified atom stereocenters. The van der Waals surface area contributed by atoms with Crippen LogP contribution in [0.5, 0.6) is 0 Å². The van der Waals surface area contributed by atoms with Crippen LogP contribution in [0.1, 0.15) is 13.3 Å². The van der Waals surface area contributed by atoms with E-state index in [2.05, 4.69) is 5.10 Å². The molecule has 0 spiro atoms. The van der Waals surface area contributed by atoms with Crippen LogP contribution < -0.4 is 0 Å². The SMILES string of the molecule is CCN1CCC(C(F)(F)F)=N1. The van der Waals surface area contributed by atoms with E-state index in [-0.39, 0.29) is 6.42 Å². The first-order chi connectivity index (χ1) is 5.04. The van der Waals surface area contributed by atoms with Gasteiger partial charge in [0, 0.05) is 19.5 Å². The van der Waals surface area contributed by atoms with Crippen molar-refractivity contribution in [3.8, 4) is 0 Å². The molecule has 0 fully saturated rings. The summed E-state index contributed by atoms with van der Waals surface area (Å²) in [5, 5.41) is 4.82. The lowest BCUT2D eigenvalue weighted by molar-refractivity contribution is -0.0600. The lowest BCUT2D eigenvalue weighted by Crippen LogP contribution is -2.20. The summed E-state index contributed by atoms with van der Waals surface area (Å²) >= 11 is 0. The summed E-state index contributed by atoms with van der Waals surface area (Å²) < 4.78 is 35.7. The largest absolute Gasteiger partial charge is 0.431 e. The number of rotatable bonds is 1. The molecule has 0 saturated heterocycles. The Kier molecular flexibility index (Phi) is 2.06. The third kappa shape index (κ3) is 1.85. The van der Waals surface area contributed by atoms with Gasteiger partial charge in [-0.05, 0) is 6.92 Å². The molecule has 11 heavy (non-hydrogen) atoms. The van der Waals surface area contributed by atoms with Crippen molar-refractivity contribution in [3.05, 3.63) is 0 Å². The molecule has 64 valence electrons. The second kappa shape index (κ2) is 2.71. The first-order valence-electron chi connectivity index (χ1n) is 3.43. The monoisotopic (exact) mass is 166 g/mol. The number of hydrazone groups is 1. The molecule has 0 aliphatic carbocycles. The highest BCUT2D eigenvalue weighted by molar-refractivity contribution is 5.90. The van der Waals surface area contributed by atoms with E-state index in [0.717, 1.165) is 0 Å². The van der Waals surface area contributed by atoms with E-state index >= 15 is 0 Å². The maximum Gasteiger partial charge on any atom is 0.431 e. The molecule has 0 aromatic rings. The first kappa shape index (κ1) is 8.36. The van der Waals surface area contributed by atoms with Crippen LogP contribution in [0, 0.1) is 0 Å². The van der Waals surface area contributed by atoms with Gasteiger partial charge in [-0.3, -0.25) is 5.01 Å². The molecule has 0 saturated carbocycles. The number of nitrogens with zero attached hydrogens (tertiary/aromatic N) is 2. The molecule has 0 N–H and O–H groups in total. The van der Waals surface area contributed by atoms with Crippen LogP contribution in [-0.4, -0.2) is 30.0 Å². The second-order valence-electron chi connectivity index (χ2n) is 2.34. The summed E-state index contributed by atoms with van der Waals surface area (Å²) in [6, 6.07) is 0. The Labute approximate surface area is 62.7 Å². The molecular weight excluding hydrogens is 157 g/mol. The molecule has 0 atom stereocenters. The smallest absolute Gasteiger partial charge is 0.297 e. The predicted molar refractivity (Wildman–Crippen MR) is 35.4 cm³/mol. The van der Waals surface area contributed by atoms with Crippen molar-refractivity contribution in [1.82, 2.24) is 5.01 Å². The van der Waals surface area contributed by atoms with Gasteiger partial charge in [0.05, 0.1) is 0 Å². The van der Waals surface area contributed by atoms with Gasteiger partial charge in [0.2, 0.25) is 0 Å². The van der Waals surface area contributed by atoms with Crippen LogP contribution in [0.2, 0.25) is 0 Å². The molecule has 0 amide bonds. The molecule has 5 heteroatoms. The first-order valence-corrected chi connectivity index (χ1v) is 3.43. The van der Waals surface area contributed by atoms with Crippen LogP contribution in [0.25, 0.3) is 0 Å². The molecule has 1 aliphatic rings. The van der Waals surface area contributed by atoms with Gasteiger partial charge >= 0.3 is 6.18 Å². The summed E-state index contributed by atoms with van der Waals surface area (Å²) in [5.74, 6) is 0. The van der Waals surface area contributed by atoms with Crippen molar-refractivity contribution in [2.75, 3.05) is 13.1 Å². The van der Waals surface area contributed by atoms with Crippen molar-refractivity contribution in [2.45, 2.75) is 19.5 Å². The minimum atomic E-state index is -4.23. The molecule has 0 aromatic heterocycles. The van der Waals surface area contributed by atoms with Gasteiger partial charge in [-0.15, -0.1) is 0 Å². The predicted octanol–water partition coefficient (Wildman–Crippen LogP) is 1.63. The Hall–Kier alpha value is -0.740. The molecule has 2 nitrogen and oxygen atoms in total. The summed E-state index contributed by atoms with van der Waals surface area (Å²) in [6.45, 7) is 2.72. The third-order valence-electron chi connectivity index (χ3n) is 1.56. The van der Waals surface area contributed by atoms with Crippen molar-refractivity contribution in [3.63, 3.8) is 0 Å². The maximum absolute atomic E-state index is 11.9. The quantitative estimate of drug-likeness (QED) is 0.578. The summed E-state index contributed by atoms with van der Waals surface area (Å²) in [7, 11) is 0. The molecule has 0 aromatic carbocycles. The standard InChI is InChI=1S/C6H9F3N2/c1-2-11-4-3-5(10-11)6(7,8)9/h2-4H2,1H3. The fourth-order valence-electron chi connectivity index (χ4n) is 0.933. The molecule has 1 rings (SSSR count). The average molecular weight is 166 g/mol. The van der Waals surface area contributed by atoms with Gasteiger partial charge in [0.15, 0.2) is 0 Å². The van der Waals surface area contributed by atoms with Gasteiger partial charge in [-0.25, -0.2) is 0 Å². The zero-order valence-corrected chi connectivity index (χ0v) is 6.15. The number of halogens is 3. The van der Waals surface area contributed by atoms with E-state index in [9.17, 15) is 13.2 Å². The van der Waals surface area contributed by atoms with E-state index in [4.69, 9.17) is 0 Å². The van der Waals surface area contributed by atoms with E-state index in [1.54, 1.807) is 6.92 Å². The van der Waals surface area contributed by atoms with Crippen molar-refractivity contribution >= 4 is 5.71 Å².